The molecule has 5 N–H and O–H groups in total. The first-order chi connectivity index (χ1) is 16.4. The van der Waals surface area contributed by atoms with Crippen LogP contribution in [0, 0.1) is 5.41 Å². The number of para-hydroxylation sites is 2. The normalized spacial score (nSPS) is 10.4. The fraction of sp³-hybridized carbons (Fsp3) is 0. The second-order valence-electron chi connectivity index (χ2n) is 7.54. The van der Waals surface area contributed by atoms with Gasteiger partial charge in [0.05, 0.1) is 11.4 Å². The molecule has 0 bridgehead atoms. The summed E-state index contributed by atoms with van der Waals surface area (Å²) in [5.74, 6) is -0.795. The van der Waals surface area contributed by atoms with Crippen molar-refractivity contribution in [2.45, 2.75) is 4.90 Å². The maximum atomic E-state index is 12.9. The Morgan fingerprint density at radius 1 is 0.676 bits per heavy atom. The third-order valence-electron chi connectivity index (χ3n) is 5.22. The molecule has 0 spiro atoms. The van der Waals surface area contributed by atoms with Crippen molar-refractivity contribution in [2.24, 2.45) is 5.73 Å². The number of thiol groups is 1. The number of benzene rings is 4. The summed E-state index contributed by atoms with van der Waals surface area (Å²) in [6.07, 6.45) is 0. The first-order valence-corrected chi connectivity index (χ1v) is 10.9. The summed E-state index contributed by atoms with van der Waals surface area (Å²) in [7, 11) is 0. The number of amidine groups is 1. The van der Waals surface area contributed by atoms with Crippen molar-refractivity contribution < 1.29 is 9.59 Å². The van der Waals surface area contributed by atoms with E-state index in [-0.39, 0.29) is 17.6 Å². The van der Waals surface area contributed by atoms with Crippen LogP contribution in [0.1, 0.15) is 26.3 Å². The van der Waals surface area contributed by atoms with Gasteiger partial charge in [0.25, 0.3) is 11.8 Å². The molecule has 0 aliphatic carbocycles. The number of carbonyl (C=O) groups excluding carboxylic acids is 2. The van der Waals surface area contributed by atoms with E-state index in [1.807, 2.05) is 36.4 Å². The van der Waals surface area contributed by atoms with E-state index < -0.39 is 0 Å². The van der Waals surface area contributed by atoms with E-state index in [4.69, 9.17) is 11.1 Å². The van der Waals surface area contributed by atoms with Crippen LogP contribution in [0.3, 0.4) is 0 Å². The topological polar surface area (TPSA) is 108 Å². The predicted octanol–water partition coefficient (Wildman–Crippen LogP) is 5.43. The quantitative estimate of drug-likeness (QED) is 0.148. The summed E-state index contributed by atoms with van der Waals surface area (Å²) < 4.78 is 0. The van der Waals surface area contributed by atoms with E-state index in [2.05, 4.69) is 23.3 Å². The molecule has 0 saturated carbocycles. The largest absolute Gasteiger partial charge is 0.384 e. The molecule has 0 saturated heterocycles. The molecule has 4 rings (SSSR count). The van der Waals surface area contributed by atoms with Gasteiger partial charge in [0.15, 0.2) is 0 Å². The maximum Gasteiger partial charge on any atom is 0.255 e. The Hall–Kier alpha value is -4.36. The lowest BCUT2D eigenvalue weighted by molar-refractivity contribution is 0.101. The van der Waals surface area contributed by atoms with Gasteiger partial charge in [-0.1, -0.05) is 54.6 Å². The Morgan fingerprint density at radius 2 is 1.24 bits per heavy atom. The van der Waals surface area contributed by atoms with Crippen molar-refractivity contribution in [3.8, 4) is 11.1 Å². The zero-order chi connectivity index (χ0) is 24.1. The third-order valence-corrected chi connectivity index (χ3v) is 5.61. The summed E-state index contributed by atoms with van der Waals surface area (Å²) in [6.45, 7) is 0. The third kappa shape index (κ3) is 5.16. The second kappa shape index (κ2) is 10.1. The van der Waals surface area contributed by atoms with Crippen molar-refractivity contribution >= 4 is 41.7 Å². The molecule has 0 aliphatic rings. The summed E-state index contributed by atoms with van der Waals surface area (Å²) in [5.41, 5.74) is 9.68. The van der Waals surface area contributed by atoms with E-state index >= 15 is 0 Å². The zero-order valence-electron chi connectivity index (χ0n) is 18.1. The molecule has 0 aliphatic heterocycles. The Bertz CT molecular complexity index is 1380. The molecular formula is C27H22N4O2S. The van der Waals surface area contributed by atoms with Crippen LogP contribution in [-0.4, -0.2) is 17.6 Å². The smallest absolute Gasteiger partial charge is 0.255 e. The van der Waals surface area contributed by atoms with Crippen molar-refractivity contribution in [1.29, 1.82) is 5.41 Å². The number of amides is 2. The highest BCUT2D eigenvalue weighted by molar-refractivity contribution is 7.80. The average molecular weight is 467 g/mol. The number of nitrogens with two attached hydrogens (primary N) is 1. The fourth-order valence-electron chi connectivity index (χ4n) is 3.44. The average Bonchev–Trinajstić information content (AvgIpc) is 2.85. The van der Waals surface area contributed by atoms with Crippen LogP contribution < -0.4 is 16.4 Å². The highest BCUT2D eigenvalue weighted by atomic mass is 32.1. The molecular weight excluding hydrogens is 444 g/mol. The van der Waals surface area contributed by atoms with Gasteiger partial charge in [-0.3, -0.25) is 15.0 Å². The van der Waals surface area contributed by atoms with E-state index in [1.54, 1.807) is 60.7 Å². The van der Waals surface area contributed by atoms with E-state index in [0.29, 0.717) is 28.1 Å². The number of anilines is 2. The van der Waals surface area contributed by atoms with Crippen LogP contribution >= 0.6 is 12.6 Å². The lowest BCUT2D eigenvalue weighted by Gasteiger charge is -2.13. The number of nitrogen functional groups attached to an aromatic ring is 1. The Morgan fingerprint density at radius 3 is 1.85 bits per heavy atom. The summed E-state index contributed by atoms with van der Waals surface area (Å²) in [6, 6.07) is 28.5. The van der Waals surface area contributed by atoms with Gasteiger partial charge in [-0.05, 0) is 53.6 Å². The minimum Gasteiger partial charge on any atom is -0.384 e. The SMILES string of the molecule is N=C(N)c1cccc(C(=O)Nc2ccccc2NC(=O)c2ccc(-c3ccccc3S)cc2)c1. The minimum absolute atomic E-state index is 0.119. The van der Waals surface area contributed by atoms with Crippen LogP contribution in [0.2, 0.25) is 0 Å². The van der Waals surface area contributed by atoms with Crippen LogP contribution in [-0.2, 0) is 0 Å². The van der Waals surface area contributed by atoms with E-state index in [0.717, 1.165) is 16.0 Å². The number of rotatable bonds is 6. The first kappa shape index (κ1) is 22.8. The van der Waals surface area contributed by atoms with Gasteiger partial charge >= 0.3 is 0 Å². The minimum atomic E-state index is -0.375. The van der Waals surface area contributed by atoms with Crippen molar-refractivity contribution in [3.05, 3.63) is 114 Å². The lowest BCUT2D eigenvalue weighted by atomic mass is 10.0. The highest BCUT2D eigenvalue weighted by Crippen LogP contribution is 2.27. The fourth-order valence-corrected chi connectivity index (χ4v) is 3.73. The maximum absolute atomic E-state index is 12.9. The van der Waals surface area contributed by atoms with Gasteiger partial charge in [0, 0.05) is 21.6 Å². The molecule has 0 fully saturated rings. The predicted molar refractivity (Wildman–Crippen MR) is 139 cm³/mol. The molecule has 0 heterocycles. The van der Waals surface area contributed by atoms with E-state index in [9.17, 15) is 9.59 Å². The number of carbonyl (C=O) groups is 2. The molecule has 0 aromatic heterocycles. The first-order valence-electron chi connectivity index (χ1n) is 10.5. The van der Waals surface area contributed by atoms with Crippen molar-refractivity contribution in [2.75, 3.05) is 10.6 Å². The highest BCUT2D eigenvalue weighted by Gasteiger charge is 2.13. The van der Waals surface area contributed by atoms with Gasteiger partial charge in [0.1, 0.15) is 5.84 Å². The standard InChI is InChI=1S/C27H22N4O2S/c28-25(29)19-6-5-7-20(16-19)27(33)31-23-10-3-2-9-22(23)30-26(32)18-14-12-17(13-15-18)21-8-1-4-11-24(21)34/h1-16,34H,(H3,28,29)(H,30,32)(H,31,33). The van der Waals surface area contributed by atoms with Crippen LogP contribution in [0.5, 0.6) is 0 Å². The molecule has 6 nitrogen and oxygen atoms in total. The molecule has 0 atom stereocenters. The molecule has 7 heteroatoms. The molecule has 0 radical (unpaired) electrons. The molecule has 34 heavy (non-hydrogen) atoms. The molecule has 2 amide bonds. The van der Waals surface area contributed by atoms with Gasteiger partial charge in [0.2, 0.25) is 0 Å². The Labute approximate surface area is 202 Å². The molecule has 168 valence electrons. The van der Waals surface area contributed by atoms with Crippen LogP contribution in [0.4, 0.5) is 11.4 Å². The van der Waals surface area contributed by atoms with E-state index in [1.165, 1.54) is 0 Å². The molecule has 4 aromatic rings. The number of nitrogens with one attached hydrogen (secondary N) is 3. The zero-order valence-corrected chi connectivity index (χ0v) is 19.0. The second-order valence-corrected chi connectivity index (χ2v) is 8.02. The monoisotopic (exact) mass is 466 g/mol. The van der Waals surface area contributed by atoms with Gasteiger partial charge < -0.3 is 16.4 Å². The summed E-state index contributed by atoms with van der Waals surface area (Å²) >= 11 is 4.49. The van der Waals surface area contributed by atoms with Gasteiger partial charge in [-0.25, -0.2) is 0 Å². The molecule has 4 aromatic carbocycles. The number of hydrogen-bond donors (Lipinski definition) is 5. The molecule has 0 unspecified atom stereocenters. The van der Waals surface area contributed by atoms with Crippen LogP contribution in [0.15, 0.2) is 102 Å². The lowest BCUT2D eigenvalue weighted by Crippen LogP contribution is -2.18. The summed E-state index contributed by atoms with van der Waals surface area (Å²) in [4.78, 5) is 26.5. The summed E-state index contributed by atoms with van der Waals surface area (Å²) in [5, 5.41) is 13.2. The van der Waals surface area contributed by atoms with Crippen molar-refractivity contribution in [3.63, 3.8) is 0 Å². The Balaban J connectivity index is 1.50. The van der Waals surface area contributed by atoms with Crippen LogP contribution in [0.25, 0.3) is 11.1 Å². The number of hydrogen-bond acceptors (Lipinski definition) is 4. The van der Waals surface area contributed by atoms with Gasteiger partial charge in [-0.15, -0.1) is 12.6 Å². The van der Waals surface area contributed by atoms with Crippen molar-refractivity contribution in [1.82, 2.24) is 0 Å². The van der Waals surface area contributed by atoms with Gasteiger partial charge in [-0.2, -0.15) is 0 Å². The Kier molecular flexibility index (Phi) is 6.75.